The fourth-order valence-electron chi connectivity index (χ4n) is 3.22. The van der Waals surface area contributed by atoms with Gasteiger partial charge in [-0.15, -0.1) is 0 Å². The third-order valence-corrected chi connectivity index (χ3v) is 4.87. The molecule has 2 heterocycles. The number of amides is 2. The van der Waals surface area contributed by atoms with E-state index in [1.807, 2.05) is 23.1 Å². The first kappa shape index (κ1) is 17.8. The van der Waals surface area contributed by atoms with E-state index in [2.05, 4.69) is 10.2 Å². The molecule has 3 rings (SSSR count). The van der Waals surface area contributed by atoms with Crippen molar-refractivity contribution < 1.29 is 19.0 Å². The van der Waals surface area contributed by atoms with Gasteiger partial charge in [-0.05, 0) is 24.1 Å². The molecule has 2 aliphatic heterocycles. The fraction of sp³-hybridized carbons (Fsp3) is 0.611. The Bertz CT molecular complexity index is 586. The Morgan fingerprint density at radius 2 is 1.88 bits per heavy atom. The van der Waals surface area contributed by atoms with Gasteiger partial charge < -0.3 is 24.4 Å². The number of likely N-dealkylation sites (tertiary alicyclic amines) is 1. The van der Waals surface area contributed by atoms with Crippen molar-refractivity contribution in [1.82, 2.24) is 15.1 Å². The summed E-state index contributed by atoms with van der Waals surface area (Å²) < 4.78 is 16.2. The fourth-order valence-corrected chi connectivity index (χ4v) is 3.22. The molecule has 2 aliphatic rings. The molecule has 0 aromatic heterocycles. The number of carbonyl (C=O) groups is 1. The van der Waals surface area contributed by atoms with E-state index >= 15 is 0 Å². The Labute approximate surface area is 148 Å². The predicted octanol–water partition coefficient (Wildman–Crippen LogP) is 1.49. The van der Waals surface area contributed by atoms with E-state index in [0.29, 0.717) is 31.3 Å². The van der Waals surface area contributed by atoms with Crippen LogP contribution in [-0.2, 0) is 4.74 Å². The van der Waals surface area contributed by atoms with Gasteiger partial charge in [-0.1, -0.05) is 6.07 Å². The van der Waals surface area contributed by atoms with Crippen molar-refractivity contribution in [2.24, 2.45) is 0 Å². The molecule has 0 unspecified atom stereocenters. The van der Waals surface area contributed by atoms with Crippen LogP contribution in [0.2, 0.25) is 0 Å². The predicted molar refractivity (Wildman–Crippen MR) is 94.3 cm³/mol. The highest BCUT2D eigenvalue weighted by molar-refractivity contribution is 5.74. The molecule has 0 bridgehead atoms. The Hall–Kier alpha value is -1.99. The van der Waals surface area contributed by atoms with E-state index in [1.165, 1.54) is 0 Å². The van der Waals surface area contributed by atoms with Gasteiger partial charge in [0.05, 0.1) is 33.5 Å². The van der Waals surface area contributed by atoms with Gasteiger partial charge in [-0.2, -0.15) is 0 Å². The SMILES string of the molecule is COc1ccc([C@@H](CNC(=O)N2CCC2)N2CCOCC2)cc1OC. The van der Waals surface area contributed by atoms with Crippen LogP contribution in [0.4, 0.5) is 4.79 Å². The van der Waals surface area contributed by atoms with Gasteiger partial charge in [0.2, 0.25) is 0 Å². The third kappa shape index (κ3) is 4.16. The van der Waals surface area contributed by atoms with E-state index < -0.39 is 0 Å². The molecule has 2 amide bonds. The molecule has 2 saturated heterocycles. The first-order chi connectivity index (χ1) is 12.2. The summed E-state index contributed by atoms with van der Waals surface area (Å²) in [5.74, 6) is 1.41. The molecule has 2 fully saturated rings. The average molecular weight is 349 g/mol. The van der Waals surface area contributed by atoms with Crippen LogP contribution >= 0.6 is 0 Å². The van der Waals surface area contributed by atoms with Crippen LogP contribution in [0, 0.1) is 0 Å². The van der Waals surface area contributed by atoms with Crippen LogP contribution in [0.5, 0.6) is 11.5 Å². The molecule has 1 aromatic rings. The van der Waals surface area contributed by atoms with Crippen LogP contribution in [-0.4, -0.2) is 76.0 Å². The van der Waals surface area contributed by atoms with Crippen molar-refractivity contribution >= 4 is 6.03 Å². The van der Waals surface area contributed by atoms with Crippen LogP contribution < -0.4 is 14.8 Å². The van der Waals surface area contributed by atoms with Crippen LogP contribution in [0.1, 0.15) is 18.0 Å². The first-order valence-electron chi connectivity index (χ1n) is 8.79. The maximum absolute atomic E-state index is 12.2. The monoisotopic (exact) mass is 349 g/mol. The molecular weight excluding hydrogens is 322 g/mol. The smallest absolute Gasteiger partial charge is 0.317 e. The number of ether oxygens (including phenoxy) is 3. The lowest BCUT2D eigenvalue weighted by Crippen LogP contribution is -2.50. The summed E-state index contributed by atoms with van der Waals surface area (Å²) >= 11 is 0. The van der Waals surface area contributed by atoms with Gasteiger partial charge in [-0.3, -0.25) is 4.90 Å². The molecule has 0 spiro atoms. The molecule has 1 aromatic carbocycles. The highest BCUT2D eigenvalue weighted by atomic mass is 16.5. The molecule has 0 aliphatic carbocycles. The quantitative estimate of drug-likeness (QED) is 0.843. The summed E-state index contributed by atoms with van der Waals surface area (Å²) in [5, 5.41) is 3.08. The molecule has 0 saturated carbocycles. The summed E-state index contributed by atoms with van der Waals surface area (Å²) in [7, 11) is 3.27. The summed E-state index contributed by atoms with van der Waals surface area (Å²) in [4.78, 5) is 16.4. The standard InChI is InChI=1S/C18H27N3O4/c1-23-16-5-4-14(12-17(16)24-2)15(20-8-10-25-11-9-20)13-19-18(22)21-6-3-7-21/h4-5,12,15H,3,6-11,13H2,1-2H3,(H,19,22)/t15-/m1/s1. The third-order valence-electron chi connectivity index (χ3n) is 4.87. The highest BCUT2D eigenvalue weighted by Crippen LogP contribution is 2.32. The molecule has 7 nitrogen and oxygen atoms in total. The molecule has 1 N–H and O–H groups in total. The number of urea groups is 1. The maximum Gasteiger partial charge on any atom is 0.317 e. The van der Waals surface area contributed by atoms with Crippen LogP contribution in [0.3, 0.4) is 0 Å². The number of carbonyl (C=O) groups excluding carboxylic acids is 1. The van der Waals surface area contributed by atoms with Gasteiger partial charge in [0, 0.05) is 32.7 Å². The van der Waals surface area contributed by atoms with E-state index in [9.17, 15) is 4.79 Å². The number of rotatable bonds is 6. The van der Waals surface area contributed by atoms with Gasteiger partial charge in [0.25, 0.3) is 0 Å². The van der Waals surface area contributed by atoms with Crippen molar-refractivity contribution in [2.75, 3.05) is 60.2 Å². The molecule has 138 valence electrons. The largest absolute Gasteiger partial charge is 0.493 e. The molecular formula is C18H27N3O4. The Morgan fingerprint density at radius 1 is 1.16 bits per heavy atom. The van der Waals surface area contributed by atoms with Crippen molar-refractivity contribution in [3.05, 3.63) is 23.8 Å². The van der Waals surface area contributed by atoms with Gasteiger partial charge in [0.1, 0.15) is 0 Å². The van der Waals surface area contributed by atoms with E-state index in [1.54, 1.807) is 14.2 Å². The summed E-state index contributed by atoms with van der Waals surface area (Å²) in [6.45, 7) is 5.38. The minimum atomic E-state index is 0.0185. The second kappa shape index (κ2) is 8.40. The lowest BCUT2D eigenvalue weighted by molar-refractivity contribution is 0.0163. The van der Waals surface area contributed by atoms with E-state index in [0.717, 1.165) is 38.2 Å². The molecule has 1 atom stereocenters. The lowest BCUT2D eigenvalue weighted by atomic mass is 10.0. The van der Waals surface area contributed by atoms with E-state index in [4.69, 9.17) is 14.2 Å². The number of benzene rings is 1. The van der Waals surface area contributed by atoms with Crippen molar-refractivity contribution in [3.8, 4) is 11.5 Å². The number of methoxy groups -OCH3 is 2. The number of nitrogens with one attached hydrogen (secondary N) is 1. The normalized spacial score (nSPS) is 19.0. The van der Waals surface area contributed by atoms with Gasteiger partial charge >= 0.3 is 6.03 Å². The zero-order chi connectivity index (χ0) is 17.6. The minimum absolute atomic E-state index is 0.0185. The second-order valence-electron chi connectivity index (χ2n) is 6.31. The van der Waals surface area contributed by atoms with Crippen LogP contribution in [0.15, 0.2) is 18.2 Å². The first-order valence-corrected chi connectivity index (χ1v) is 8.79. The Balaban J connectivity index is 1.76. The number of morpholine rings is 1. The van der Waals surface area contributed by atoms with E-state index in [-0.39, 0.29) is 12.1 Å². The number of hydrogen-bond donors (Lipinski definition) is 1. The van der Waals surface area contributed by atoms with Gasteiger partial charge in [0.15, 0.2) is 11.5 Å². The molecule has 25 heavy (non-hydrogen) atoms. The van der Waals surface area contributed by atoms with Crippen LogP contribution in [0.25, 0.3) is 0 Å². The molecule has 7 heteroatoms. The zero-order valence-corrected chi connectivity index (χ0v) is 15.0. The summed E-state index contributed by atoms with van der Waals surface area (Å²) in [5.41, 5.74) is 1.10. The zero-order valence-electron chi connectivity index (χ0n) is 15.0. The summed E-state index contributed by atoms with van der Waals surface area (Å²) in [6.07, 6.45) is 1.09. The number of hydrogen-bond acceptors (Lipinski definition) is 5. The number of nitrogens with zero attached hydrogens (tertiary/aromatic N) is 2. The highest BCUT2D eigenvalue weighted by Gasteiger charge is 2.26. The average Bonchev–Trinajstić information content (AvgIpc) is 2.61. The summed E-state index contributed by atoms with van der Waals surface area (Å²) in [6, 6.07) is 6.05. The molecule has 0 radical (unpaired) electrons. The van der Waals surface area contributed by atoms with Crippen molar-refractivity contribution in [3.63, 3.8) is 0 Å². The Morgan fingerprint density at radius 3 is 2.48 bits per heavy atom. The minimum Gasteiger partial charge on any atom is -0.493 e. The topological polar surface area (TPSA) is 63.3 Å². The van der Waals surface area contributed by atoms with Gasteiger partial charge in [-0.25, -0.2) is 4.79 Å². The Kier molecular flexibility index (Phi) is 5.99. The second-order valence-corrected chi connectivity index (χ2v) is 6.31. The lowest BCUT2D eigenvalue weighted by Gasteiger charge is -2.36. The maximum atomic E-state index is 12.2. The van der Waals surface area contributed by atoms with Crippen molar-refractivity contribution in [2.45, 2.75) is 12.5 Å². The van der Waals surface area contributed by atoms with Crippen molar-refractivity contribution in [1.29, 1.82) is 0 Å².